The molecule has 0 radical (unpaired) electrons. The van der Waals surface area contributed by atoms with Gasteiger partial charge in [-0.15, -0.1) is 0 Å². The number of rotatable bonds is 1. The molecule has 1 aromatic rings. The van der Waals surface area contributed by atoms with Gasteiger partial charge in [0.1, 0.15) is 5.78 Å². The first-order valence-electron chi connectivity index (χ1n) is 4.46. The molecule has 1 aliphatic rings. The lowest BCUT2D eigenvalue weighted by Crippen LogP contribution is -2.36. The summed E-state index contributed by atoms with van der Waals surface area (Å²) < 4.78 is 0. The number of pyridine rings is 1. The first-order valence-corrected chi connectivity index (χ1v) is 4.46. The Morgan fingerprint density at radius 3 is 2.64 bits per heavy atom. The third kappa shape index (κ3) is 1.79. The summed E-state index contributed by atoms with van der Waals surface area (Å²) in [4.78, 5) is 26.2. The van der Waals surface area contributed by atoms with Crippen molar-refractivity contribution in [3.05, 3.63) is 30.1 Å². The van der Waals surface area contributed by atoms with Crippen LogP contribution < -0.4 is 5.32 Å². The van der Waals surface area contributed by atoms with Crippen LogP contribution in [-0.4, -0.2) is 16.7 Å². The topological polar surface area (TPSA) is 59.1 Å². The van der Waals surface area contributed by atoms with Crippen LogP contribution in [0.5, 0.6) is 0 Å². The molecular weight excluding hydrogens is 180 g/mol. The Morgan fingerprint density at radius 2 is 2.00 bits per heavy atom. The molecule has 1 aromatic heterocycles. The molecule has 1 atom stereocenters. The molecule has 14 heavy (non-hydrogen) atoms. The van der Waals surface area contributed by atoms with Gasteiger partial charge in [0.25, 0.3) is 0 Å². The first-order chi connectivity index (χ1) is 6.75. The monoisotopic (exact) mass is 190 g/mol. The number of carbonyl (C=O) groups is 2. The van der Waals surface area contributed by atoms with E-state index in [1.807, 2.05) is 12.1 Å². The van der Waals surface area contributed by atoms with Gasteiger partial charge in [0.15, 0.2) is 0 Å². The van der Waals surface area contributed by atoms with E-state index in [0.717, 1.165) is 5.56 Å². The lowest BCUT2D eigenvalue weighted by molar-refractivity contribution is -0.132. The maximum absolute atomic E-state index is 11.2. The molecule has 0 aromatic carbocycles. The second-order valence-electron chi connectivity index (χ2n) is 3.32. The molecule has 0 saturated carbocycles. The summed E-state index contributed by atoms with van der Waals surface area (Å²) >= 11 is 0. The molecule has 0 aliphatic carbocycles. The Labute approximate surface area is 81.3 Å². The third-order valence-electron chi connectivity index (χ3n) is 2.23. The molecule has 1 amide bonds. The van der Waals surface area contributed by atoms with E-state index in [4.69, 9.17) is 0 Å². The third-order valence-corrected chi connectivity index (χ3v) is 2.23. The standard InChI is InChI=1S/C10H10N2O2/c13-8-5-9(12-10(14)6-8)7-1-3-11-4-2-7/h1-4,9H,5-6H2,(H,12,14). The molecule has 2 heterocycles. The van der Waals surface area contributed by atoms with Crippen LogP contribution >= 0.6 is 0 Å². The molecule has 0 bridgehead atoms. The maximum atomic E-state index is 11.2. The number of Topliss-reactive ketones (excluding diaryl/α,β-unsaturated/α-hetero) is 1. The average molecular weight is 190 g/mol. The van der Waals surface area contributed by atoms with Gasteiger partial charge in [-0.2, -0.15) is 0 Å². The Morgan fingerprint density at radius 1 is 1.29 bits per heavy atom. The van der Waals surface area contributed by atoms with Gasteiger partial charge >= 0.3 is 0 Å². The summed E-state index contributed by atoms with van der Waals surface area (Å²) in [6.45, 7) is 0. The maximum Gasteiger partial charge on any atom is 0.227 e. The summed E-state index contributed by atoms with van der Waals surface area (Å²) in [6.07, 6.45) is 3.71. The van der Waals surface area contributed by atoms with E-state index >= 15 is 0 Å². The molecule has 4 nitrogen and oxygen atoms in total. The van der Waals surface area contributed by atoms with Gasteiger partial charge < -0.3 is 5.32 Å². The van der Waals surface area contributed by atoms with Crippen molar-refractivity contribution in [1.82, 2.24) is 10.3 Å². The molecule has 1 unspecified atom stereocenters. The summed E-state index contributed by atoms with van der Waals surface area (Å²) in [6, 6.07) is 3.44. The highest BCUT2D eigenvalue weighted by Gasteiger charge is 2.25. The van der Waals surface area contributed by atoms with Gasteiger partial charge in [0, 0.05) is 18.8 Å². The highest BCUT2D eigenvalue weighted by atomic mass is 16.2. The SMILES string of the molecule is O=C1CC(=O)NC(c2ccncc2)C1. The van der Waals surface area contributed by atoms with E-state index in [2.05, 4.69) is 10.3 Å². The van der Waals surface area contributed by atoms with Crippen molar-refractivity contribution in [1.29, 1.82) is 0 Å². The van der Waals surface area contributed by atoms with Crippen molar-refractivity contribution in [3.63, 3.8) is 0 Å². The second-order valence-corrected chi connectivity index (χ2v) is 3.32. The van der Waals surface area contributed by atoms with Crippen LogP contribution in [0.3, 0.4) is 0 Å². The number of aromatic nitrogens is 1. The minimum Gasteiger partial charge on any atom is -0.348 e. The van der Waals surface area contributed by atoms with Gasteiger partial charge in [0.2, 0.25) is 5.91 Å². The fraction of sp³-hybridized carbons (Fsp3) is 0.300. The number of hydrogen-bond acceptors (Lipinski definition) is 3. The molecule has 1 aliphatic heterocycles. The summed E-state index contributed by atoms with van der Waals surface area (Å²) in [7, 11) is 0. The predicted molar refractivity (Wildman–Crippen MR) is 49.4 cm³/mol. The number of nitrogens with one attached hydrogen (secondary N) is 1. The van der Waals surface area contributed by atoms with Crippen LogP contribution in [0.2, 0.25) is 0 Å². The van der Waals surface area contributed by atoms with Crippen molar-refractivity contribution < 1.29 is 9.59 Å². The lowest BCUT2D eigenvalue weighted by atomic mass is 9.97. The lowest BCUT2D eigenvalue weighted by Gasteiger charge is -2.22. The fourth-order valence-electron chi connectivity index (χ4n) is 1.57. The summed E-state index contributed by atoms with van der Waals surface area (Å²) in [5.74, 6) is -0.196. The van der Waals surface area contributed by atoms with Gasteiger partial charge in [-0.3, -0.25) is 14.6 Å². The largest absolute Gasteiger partial charge is 0.348 e. The zero-order valence-electron chi connectivity index (χ0n) is 7.56. The van der Waals surface area contributed by atoms with Crippen molar-refractivity contribution in [2.75, 3.05) is 0 Å². The second kappa shape index (κ2) is 3.57. The molecule has 0 spiro atoms. The average Bonchev–Trinajstić information content (AvgIpc) is 2.18. The minimum atomic E-state index is -0.192. The van der Waals surface area contributed by atoms with Crippen molar-refractivity contribution in [2.24, 2.45) is 0 Å². The highest BCUT2D eigenvalue weighted by Crippen LogP contribution is 2.20. The molecular formula is C10H10N2O2. The summed E-state index contributed by atoms with van der Waals surface area (Å²) in [5, 5.41) is 2.78. The van der Waals surface area contributed by atoms with E-state index in [9.17, 15) is 9.59 Å². The molecule has 2 rings (SSSR count). The van der Waals surface area contributed by atoms with Crippen LogP contribution in [0.1, 0.15) is 24.4 Å². The molecule has 1 N–H and O–H groups in total. The first kappa shape index (κ1) is 8.87. The number of carbonyl (C=O) groups excluding carboxylic acids is 2. The van der Waals surface area contributed by atoms with Gasteiger partial charge in [-0.25, -0.2) is 0 Å². The predicted octanol–water partition coefficient (Wildman–Crippen LogP) is 0.602. The van der Waals surface area contributed by atoms with Crippen LogP contribution in [0, 0.1) is 0 Å². The molecule has 4 heteroatoms. The van der Waals surface area contributed by atoms with Crippen LogP contribution in [0.15, 0.2) is 24.5 Å². The van der Waals surface area contributed by atoms with Crippen LogP contribution in [0.25, 0.3) is 0 Å². The molecule has 72 valence electrons. The minimum absolute atomic E-state index is 0.00411. The Balaban J connectivity index is 2.19. The van der Waals surface area contributed by atoms with Crippen molar-refractivity contribution in [3.8, 4) is 0 Å². The van der Waals surface area contributed by atoms with Crippen LogP contribution in [-0.2, 0) is 9.59 Å². The summed E-state index contributed by atoms with van der Waals surface area (Å²) in [5.41, 5.74) is 0.932. The number of piperidine rings is 1. The number of hydrogen-bond donors (Lipinski definition) is 1. The normalized spacial score (nSPS) is 21.9. The van der Waals surface area contributed by atoms with Gasteiger partial charge in [-0.1, -0.05) is 0 Å². The highest BCUT2D eigenvalue weighted by molar-refractivity contribution is 6.00. The fourth-order valence-corrected chi connectivity index (χ4v) is 1.57. The molecule has 1 fully saturated rings. The van der Waals surface area contributed by atoms with E-state index < -0.39 is 0 Å². The Hall–Kier alpha value is -1.71. The van der Waals surface area contributed by atoms with Crippen LogP contribution in [0.4, 0.5) is 0 Å². The molecule has 1 saturated heterocycles. The van der Waals surface area contributed by atoms with E-state index in [-0.39, 0.29) is 24.2 Å². The quantitative estimate of drug-likeness (QED) is 0.660. The Bertz CT molecular complexity index is 346. The van der Waals surface area contributed by atoms with E-state index in [0.29, 0.717) is 6.42 Å². The smallest absolute Gasteiger partial charge is 0.227 e. The van der Waals surface area contributed by atoms with Crippen molar-refractivity contribution in [2.45, 2.75) is 18.9 Å². The zero-order chi connectivity index (χ0) is 9.97. The number of nitrogens with zero attached hydrogens (tertiary/aromatic N) is 1. The zero-order valence-corrected chi connectivity index (χ0v) is 7.56. The Kier molecular flexibility index (Phi) is 2.26. The van der Waals surface area contributed by atoms with Crippen molar-refractivity contribution >= 4 is 11.7 Å². The van der Waals surface area contributed by atoms with E-state index in [1.165, 1.54) is 0 Å². The number of amides is 1. The number of ketones is 1. The van der Waals surface area contributed by atoms with Gasteiger partial charge in [0.05, 0.1) is 12.5 Å². The van der Waals surface area contributed by atoms with E-state index in [1.54, 1.807) is 12.4 Å². The van der Waals surface area contributed by atoms with Gasteiger partial charge in [-0.05, 0) is 17.7 Å².